The lowest BCUT2D eigenvalue weighted by Gasteiger charge is -2.13. The first-order valence-electron chi connectivity index (χ1n) is 6.19. The van der Waals surface area contributed by atoms with Crippen molar-refractivity contribution in [1.82, 2.24) is 5.32 Å². The third-order valence-electron chi connectivity index (χ3n) is 3.01. The van der Waals surface area contributed by atoms with Gasteiger partial charge in [0.05, 0.1) is 5.69 Å². The van der Waals surface area contributed by atoms with E-state index in [0.29, 0.717) is 12.3 Å². The van der Waals surface area contributed by atoms with Gasteiger partial charge in [-0.05, 0) is 37.6 Å². The standard InChI is InChI=1S/C13H16F2N2O2/c14-13(15)19-11-4-2-1-3-10(11)17-12(18)7-9-5-6-16-8-9/h1-4,9,13,16H,5-8H2,(H,17,18). The second-order valence-corrected chi connectivity index (χ2v) is 4.49. The highest BCUT2D eigenvalue weighted by atomic mass is 19.3. The van der Waals surface area contributed by atoms with Crippen LogP contribution in [-0.2, 0) is 4.79 Å². The molecule has 0 radical (unpaired) electrons. The van der Waals surface area contributed by atoms with E-state index in [0.717, 1.165) is 19.5 Å². The fourth-order valence-corrected chi connectivity index (χ4v) is 2.12. The van der Waals surface area contributed by atoms with Gasteiger partial charge in [0.1, 0.15) is 5.75 Å². The van der Waals surface area contributed by atoms with Gasteiger partial charge in [-0.2, -0.15) is 8.78 Å². The molecule has 0 aromatic heterocycles. The predicted octanol–water partition coefficient (Wildman–Crippen LogP) is 2.23. The summed E-state index contributed by atoms with van der Waals surface area (Å²) in [6.07, 6.45) is 1.35. The zero-order valence-corrected chi connectivity index (χ0v) is 10.4. The van der Waals surface area contributed by atoms with Crippen molar-refractivity contribution in [2.24, 2.45) is 5.92 Å². The molecule has 1 aliphatic rings. The average molecular weight is 270 g/mol. The van der Waals surface area contributed by atoms with Crippen LogP contribution in [0, 0.1) is 5.92 Å². The molecule has 1 fully saturated rings. The minimum Gasteiger partial charge on any atom is -0.433 e. The van der Waals surface area contributed by atoms with Gasteiger partial charge >= 0.3 is 6.61 Å². The second kappa shape index (κ2) is 6.47. The Bertz CT molecular complexity index is 434. The van der Waals surface area contributed by atoms with Gasteiger partial charge in [-0.15, -0.1) is 0 Å². The minimum atomic E-state index is -2.91. The van der Waals surface area contributed by atoms with E-state index in [4.69, 9.17) is 0 Å². The molecule has 0 saturated carbocycles. The summed E-state index contributed by atoms with van der Waals surface area (Å²) in [4.78, 5) is 11.8. The van der Waals surface area contributed by atoms with Gasteiger partial charge in [-0.1, -0.05) is 12.1 Å². The fourth-order valence-electron chi connectivity index (χ4n) is 2.12. The number of hydrogen-bond acceptors (Lipinski definition) is 3. The summed E-state index contributed by atoms with van der Waals surface area (Å²) in [6, 6.07) is 6.18. The SMILES string of the molecule is O=C(CC1CCNC1)Nc1ccccc1OC(F)F. The Morgan fingerprint density at radius 3 is 2.95 bits per heavy atom. The number of halogens is 2. The Hall–Kier alpha value is -1.69. The molecule has 1 unspecified atom stereocenters. The Morgan fingerprint density at radius 2 is 2.26 bits per heavy atom. The molecule has 1 atom stereocenters. The monoisotopic (exact) mass is 270 g/mol. The molecular formula is C13H16F2N2O2. The first-order chi connectivity index (χ1) is 9.15. The molecule has 2 N–H and O–H groups in total. The summed E-state index contributed by atoms with van der Waals surface area (Å²) in [5.41, 5.74) is 0.277. The topological polar surface area (TPSA) is 50.4 Å². The van der Waals surface area contributed by atoms with Crippen LogP contribution in [0.15, 0.2) is 24.3 Å². The Balaban J connectivity index is 1.95. The highest BCUT2D eigenvalue weighted by Gasteiger charge is 2.19. The molecule has 6 heteroatoms. The van der Waals surface area contributed by atoms with E-state index in [9.17, 15) is 13.6 Å². The molecule has 1 aliphatic heterocycles. The highest BCUT2D eigenvalue weighted by Crippen LogP contribution is 2.26. The van der Waals surface area contributed by atoms with Gasteiger partial charge in [-0.25, -0.2) is 0 Å². The smallest absolute Gasteiger partial charge is 0.387 e. The minimum absolute atomic E-state index is 0.0182. The summed E-state index contributed by atoms with van der Waals surface area (Å²) in [6.45, 7) is -1.16. The van der Waals surface area contributed by atoms with Crippen LogP contribution in [0.4, 0.5) is 14.5 Å². The molecule has 1 aromatic carbocycles. The van der Waals surface area contributed by atoms with Crippen molar-refractivity contribution in [2.45, 2.75) is 19.5 Å². The van der Waals surface area contributed by atoms with E-state index in [1.54, 1.807) is 18.2 Å². The molecule has 1 aromatic rings. The van der Waals surface area contributed by atoms with Crippen LogP contribution in [0.3, 0.4) is 0 Å². The van der Waals surface area contributed by atoms with Gasteiger partial charge in [-0.3, -0.25) is 4.79 Å². The van der Waals surface area contributed by atoms with Crippen molar-refractivity contribution in [3.63, 3.8) is 0 Å². The van der Waals surface area contributed by atoms with Crippen molar-refractivity contribution < 1.29 is 18.3 Å². The lowest BCUT2D eigenvalue weighted by molar-refractivity contribution is -0.117. The van der Waals surface area contributed by atoms with Gasteiger partial charge in [0.2, 0.25) is 5.91 Å². The first kappa shape index (κ1) is 13.7. The molecule has 2 rings (SSSR count). The van der Waals surface area contributed by atoms with Crippen LogP contribution in [0.5, 0.6) is 5.75 Å². The highest BCUT2D eigenvalue weighted by molar-refractivity contribution is 5.92. The van der Waals surface area contributed by atoms with Crippen LogP contribution in [0.25, 0.3) is 0 Å². The second-order valence-electron chi connectivity index (χ2n) is 4.49. The molecule has 0 spiro atoms. The van der Waals surface area contributed by atoms with E-state index in [1.807, 2.05) is 0 Å². The molecule has 0 aliphatic carbocycles. The number of ether oxygens (including phenoxy) is 1. The number of carbonyl (C=O) groups is 1. The number of amides is 1. The lowest BCUT2D eigenvalue weighted by atomic mass is 10.0. The zero-order chi connectivity index (χ0) is 13.7. The molecule has 1 saturated heterocycles. The number of anilines is 1. The van der Waals surface area contributed by atoms with Crippen molar-refractivity contribution in [2.75, 3.05) is 18.4 Å². The molecule has 0 bridgehead atoms. The first-order valence-corrected chi connectivity index (χ1v) is 6.19. The van der Waals surface area contributed by atoms with Crippen molar-refractivity contribution in [3.8, 4) is 5.75 Å². The van der Waals surface area contributed by atoms with Crippen molar-refractivity contribution in [1.29, 1.82) is 0 Å². The van der Waals surface area contributed by atoms with Gasteiger partial charge in [0.15, 0.2) is 0 Å². The Kier molecular flexibility index (Phi) is 4.68. The predicted molar refractivity (Wildman–Crippen MR) is 67.3 cm³/mol. The van der Waals surface area contributed by atoms with E-state index < -0.39 is 6.61 Å². The number of benzene rings is 1. The summed E-state index contributed by atoms with van der Waals surface area (Å²) >= 11 is 0. The molecule has 104 valence electrons. The maximum Gasteiger partial charge on any atom is 0.387 e. The number of rotatable bonds is 5. The third-order valence-corrected chi connectivity index (χ3v) is 3.01. The van der Waals surface area contributed by atoms with Crippen molar-refractivity contribution in [3.05, 3.63) is 24.3 Å². The van der Waals surface area contributed by atoms with Gasteiger partial charge in [0, 0.05) is 6.42 Å². The molecule has 4 nitrogen and oxygen atoms in total. The summed E-state index contributed by atoms with van der Waals surface area (Å²) < 4.78 is 28.8. The number of nitrogens with one attached hydrogen (secondary N) is 2. The lowest BCUT2D eigenvalue weighted by Crippen LogP contribution is -2.19. The maximum atomic E-state index is 12.2. The maximum absolute atomic E-state index is 12.2. The number of para-hydroxylation sites is 2. The number of hydrogen-bond donors (Lipinski definition) is 2. The Morgan fingerprint density at radius 1 is 1.47 bits per heavy atom. The Labute approximate surface area is 110 Å². The van der Waals surface area contributed by atoms with E-state index in [1.165, 1.54) is 6.07 Å². The zero-order valence-electron chi connectivity index (χ0n) is 10.4. The number of alkyl halides is 2. The fraction of sp³-hybridized carbons (Fsp3) is 0.462. The average Bonchev–Trinajstić information content (AvgIpc) is 2.83. The van der Waals surface area contributed by atoms with E-state index in [-0.39, 0.29) is 17.3 Å². The van der Waals surface area contributed by atoms with Crippen LogP contribution < -0.4 is 15.4 Å². The van der Waals surface area contributed by atoms with Crippen molar-refractivity contribution >= 4 is 11.6 Å². The summed E-state index contributed by atoms with van der Waals surface area (Å²) in [5, 5.41) is 5.79. The van der Waals surface area contributed by atoms with Crippen LogP contribution in [-0.4, -0.2) is 25.6 Å². The normalized spacial score (nSPS) is 18.6. The summed E-state index contributed by atoms with van der Waals surface area (Å²) in [7, 11) is 0. The summed E-state index contributed by atoms with van der Waals surface area (Å²) in [5.74, 6) is 0.109. The van der Waals surface area contributed by atoms with Crippen LogP contribution >= 0.6 is 0 Å². The quantitative estimate of drug-likeness (QED) is 0.862. The molecule has 1 amide bonds. The van der Waals surface area contributed by atoms with Gasteiger partial charge < -0.3 is 15.4 Å². The largest absolute Gasteiger partial charge is 0.433 e. The van der Waals surface area contributed by atoms with Crippen LogP contribution in [0.1, 0.15) is 12.8 Å². The van der Waals surface area contributed by atoms with E-state index >= 15 is 0 Å². The molecular weight excluding hydrogens is 254 g/mol. The van der Waals surface area contributed by atoms with Crippen LogP contribution in [0.2, 0.25) is 0 Å². The number of carbonyl (C=O) groups excluding carboxylic acids is 1. The van der Waals surface area contributed by atoms with E-state index in [2.05, 4.69) is 15.4 Å². The van der Waals surface area contributed by atoms with Gasteiger partial charge in [0.25, 0.3) is 0 Å². The molecule has 19 heavy (non-hydrogen) atoms. The third kappa shape index (κ3) is 4.17. The molecule has 1 heterocycles.